The fourth-order valence-electron chi connectivity index (χ4n) is 3.31. The van der Waals surface area contributed by atoms with E-state index in [-0.39, 0.29) is 34.0 Å². The largest absolute Gasteiger partial charge is 0.324 e. The summed E-state index contributed by atoms with van der Waals surface area (Å²) in [7, 11) is 0. The highest BCUT2D eigenvalue weighted by molar-refractivity contribution is 8.93. The molecule has 3 nitrogen and oxygen atoms in total. The van der Waals surface area contributed by atoms with Crippen molar-refractivity contribution in [1.82, 2.24) is 14.5 Å². The van der Waals surface area contributed by atoms with Gasteiger partial charge in [-0.15, -0.1) is 34.0 Å². The van der Waals surface area contributed by atoms with E-state index in [1.54, 1.807) is 0 Å². The second-order valence-corrected chi connectivity index (χ2v) is 6.25. The summed E-state index contributed by atoms with van der Waals surface area (Å²) in [5, 5.41) is 0.792. The Morgan fingerprint density at radius 1 is 1.00 bits per heavy atom. The van der Waals surface area contributed by atoms with Crippen LogP contribution >= 0.6 is 45.6 Å². The van der Waals surface area contributed by atoms with Gasteiger partial charge in [-0.3, -0.25) is 4.90 Å². The number of benzene rings is 2. The summed E-state index contributed by atoms with van der Waals surface area (Å²) in [4.78, 5) is 7.25. The summed E-state index contributed by atoms with van der Waals surface area (Å²) >= 11 is 6.36. The number of hydrogen-bond acceptors (Lipinski definition) is 2. The van der Waals surface area contributed by atoms with Crippen LogP contribution in [0.15, 0.2) is 48.5 Å². The Morgan fingerprint density at radius 3 is 2.50 bits per heavy atom. The molecule has 0 N–H and O–H groups in total. The number of hydrogen-bond donors (Lipinski definition) is 0. The van der Waals surface area contributed by atoms with Gasteiger partial charge in [0.2, 0.25) is 0 Å². The minimum atomic E-state index is 0. The van der Waals surface area contributed by atoms with Crippen molar-refractivity contribution in [3.05, 3.63) is 64.9 Å². The smallest absolute Gasteiger partial charge is 0.124 e. The van der Waals surface area contributed by atoms with Crippen molar-refractivity contribution in [2.75, 3.05) is 6.54 Å². The van der Waals surface area contributed by atoms with Gasteiger partial charge in [0.1, 0.15) is 5.82 Å². The Kier molecular flexibility index (Phi) is 6.48. The molecule has 1 aliphatic rings. The topological polar surface area (TPSA) is 21.1 Å². The highest BCUT2D eigenvalue weighted by atomic mass is 79.9. The fourth-order valence-corrected chi connectivity index (χ4v) is 3.59. The number of imidazole rings is 1. The van der Waals surface area contributed by atoms with Gasteiger partial charge in [-0.2, -0.15) is 0 Å². The molecule has 1 aliphatic heterocycles. The second-order valence-electron chi connectivity index (χ2n) is 5.84. The highest BCUT2D eigenvalue weighted by Crippen LogP contribution is 2.30. The van der Waals surface area contributed by atoms with E-state index in [4.69, 9.17) is 16.6 Å². The molecule has 0 amide bonds. The molecule has 0 saturated heterocycles. The number of halogens is 3. The number of rotatable bonds is 2. The van der Waals surface area contributed by atoms with E-state index in [2.05, 4.69) is 46.7 Å². The van der Waals surface area contributed by atoms with Gasteiger partial charge < -0.3 is 4.57 Å². The van der Waals surface area contributed by atoms with E-state index < -0.39 is 0 Å². The first-order valence-electron chi connectivity index (χ1n) is 7.66. The van der Waals surface area contributed by atoms with Crippen molar-refractivity contribution in [1.29, 1.82) is 0 Å². The molecule has 0 aliphatic carbocycles. The molecule has 0 radical (unpaired) electrons. The monoisotopic (exact) mass is 471 g/mol. The molecule has 6 heteroatoms. The van der Waals surface area contributed by atoms with Crippen LogP contribution in [-0.2, 0) is 13.1 Å². The summed E-state index contributed by atoms with van der Waals surface area (Å²) in [5.41, 5.74) is 3.42. The van der Waals surface area contributed by atoms with E-state index in [1.165, 1.54) is 5.56 Å². The molecule has 2 heterocycles. The Labute approximate surface area is 168 Å². The van der Waals surface area contributed by atoms with Crippen molar-refractivity contribution in [3.8, 4) is 0 Å². The Morgan fingerprint density at radius 2 is 1.75 bits per heavy atom. The first-order chi connectivity index (χ1) is 10.7. The second kappa shape index (κ2) is 8.00. The molecule has 4 rings (SSSR count). The maximum absolute atomic E-state index is 6.36. The first-order valence-corrected chi connectivity index (χ1v) is 8.04. The van der Waals surface area contributed by atoms with Crippen LogP contribution in [0.5, 0.6) is 0 Å². The maximum Gasteiger partial charge on any atom is 0.124 e. The molecule has 2 aromatic carbocycles. The molecular formula is C18H20Br2ClN3. The standard InChI is InChI=1S/C18H18ClN3.2BrH/c1-13(14-6-3-2-4-7-14)21-10-11-22-17(12-21)20-16-9-5-8-15(19)18(16)22;;/h2-9,13H,10-12H2,1H3;2*1H. The zero-order chi connectivity index (χ0) is 15.1. The Hall–Kier alpha value is -0.880. The van der Waals surface area contributed by atoms with Gasteiger partial charge in [0.25, 0.3) is 0 Å². The van der Waals surface area contributed by atoms with Gasteiger partial charge in [-0.05, 0) is 24.6 Å². The lowest BCUT2D eigenvalue weighted by Gasteiger charge is -2.33. The van der Waals surface area contributed by atoms with Gasteiger partial charge in [-0.1, -0.05) is 48.0 Å². The molecule has 3 aromatic rings. The van der Waals surface area contributed by atoms with Crippen molar-refractivity contribution >= 4 is 56.6 Å². The van der Waals surface area contributed by atoms with Crippen molar-refractivity contribution < 1.29 is 0 Å². The molecular weight excluding hydrogens is 453 g/mol. The normalized spacial score (nSPS) is 15.2. The molecule has 0 spiro atoms. The lowest BCUT2D eigenvalue weighted by Crippen LogP contribution is -2.35. The summed E-state index contributed by atoms with van der Waals surface area (Å²) < 4.78 is 2.27. The quantitative estimate of drug-likeness (QED) is 0.495. The third-order valence-corrected chi connectivity index (χ3v) is 4.89. The van der Waals surface area contributed by atoms with E-state index in [0.29, 0.717) is 6.04 Å². The third kappa shape index (κ3) is 3.40. The summed E-state index contributed by atoms with van der Waals surface area (Å²) in [6.45, 7) is 5.08. The summed E-state index contributed by atoms with van der Waals surface area (Å²) in [5.74, 6) is 1.11. The molecule has 128 valence electrons. The molecule has 1 atom stereocenters. The molecule has 1 aromatic heterocycles. The lowest BCUT2D eigenvalue weighted by molar-refractivity contribution is 0.165. The number of para-hydroxylation sites is 1. The predicted molar refractivity (Wildman–Crippen MR) is 111 cm³/mol. The third-order valence-electron chi connectivity index (χ3n) is 4.58. The Balaban J connectivity index is 0.00000104. The van der Waals surface area contributed by atoms with Gasteiger partial charge in [0.05, 0.1) is 22.6 Å². The summed E-state index contributed by atoms with van der Waals surface area (Å²) in [6.07, 6.45) is 0. The number of nitrogens with zero attached hydrogens (tertiary/aromatic N) is 3. The summed E-state index contributed by atoms with van der Waals surface area (Å²) in [6, 6.07) is 17.0. The average molecular weight is 474 g/mol. The van der Waals surface area contributed by atoms with Crippen LogP contribution in [0.2, 0.25) is 5.02 Å². The van der Waals surface area contributed by atoms with Gasteiger partial charge in [0.15, 0.2) is 0 Å². The maximum atomic E-state index is 6.36. The number of fused-ring (bicyclic) bond motifs is 3. The Bertz CT molecular complexity index is 820. The van der Waals surface area contributed by atoms with Crippen molar-refractivity contribution in [2.45, 2.75) is 26.1 Å². The average Bonchev–Trinajstić information content (AvgIpc) is 2.93. The van der Waals surface area contributed by atoms with Crippen LogP contribution in [-0.4, -0.2) is 21.0 Å². The van der Waals surface area contributed by atoms with E-state index in [0.717, 1.165) is 41.5 Å². The molecule has 0 saturated carbocycles. The van der Waals surface area contributed by atoms with Gasteiger partial charge in [0, 0.05) is 19.1 Å². The molecule has 0 fully saturated rings. The zero-order valence-corrected chi connectivity index (χ0v) is 17.5. The molecule has 1 unspecified atom stereocenters. The highest BCUT2D eigenvalue weighted by Gasteiger charge is 2.24. The van der Waals surface area contributed by atoms with Crippen LogP contribution in [0.1, 0.15) is 24.4 Å². The van der Waals surface area contributed by atoms with Crippen LogP contribution in [0.3, 0.4) is 0 Å². The SMILES string of the molecule is Br.Br.CC(c1ccccc1)N1CCn2c(nc3cccc(Cl)c32)C1. The van der Waals surface area contributed by atoms with Gasteiger partial charge >= 0.3 is 0 Å². The van der Waals surface area contributed by atoms with Crippen LogP contribution in [0.25, 0.3) is 11.0 Å². The van der Waals surface area contributed by atoms with E-state index in [1.807, 2.05) is 18.2 Å². The molecule has 24 heavy (non-hydrogen) atoms. The minimum Gasteiger partial charge on any atom is -0.324 e. The fraction of sp³-hybridized carbons (Fsp3) is 0.278. The van der Waals surface area contributed by atoms with Gasteiger partial charge in [-0.25, -0.2) is 4.98 Å². The lowest BCUT2D eigenvalue weighted by atomic mass is 10.1. The first kappa shape index (κ1) is 19.4. The van der Waals surface area contributed by atoms with E-state index >= 15 is 0 Å². The van der Waals surface area contributed by atoms with Crippen LogP contribution < -0.4 is 0 Å². The molecule has 0 bridgehead atoms. The van der Waals surface area contributed by atoms with Crippen molar-refractivity contribution in [2.24, 2.45) is 0 Å². The predicted octanol–water partition coefficient (Wildman–Crippen LogP) is 5.42. The number of aromatic nitrogens is 2. The van der Waals surface area contributed by atoms with E-state index in [9.17, 15) is 0 Å². The minimum absolute atomic E-state index is 0. The zero-order valence-electron chi connectivity index (χ0n) is 13.4. The van der Waals surface area contributed by atoms with Crippen LogP contribution in [0.4, 0.5) is 0 Å². The van der Waals surface area contributed by atoms with Crippen LogP contribution in [0, 0.1) is 0 Å². The van der Waals surface area contributed by atoms with Crippen molar-refractivity contribution in [3.63, 3.8) is 0 Å².